The summed E-state index contributed by atoms with van der Waals surface area (Å²) in [6.07, 6.45) is 0. The van der Waals surface area contributed by atoms with Gasteiger partial charge in [-0.05, 0) is 12.1 Å². The number of aliphatic imine (C=N–C) groups is 1. The van der Waals surface area contributed by atoms with E-state index in [2.05, 4.69) is 20.4 Å². The molecule has 8 heteroatoms. The second kappa shape index (κ2) is 7.35. The Labute approximate surface area is 120 Å². The van der Waals surface area contributed by atoms with Gasteiger partial charge in [0.15, 0.2) is 5.75 Å². The number of anilines is 1. The van der Waals surface area contributed by atoms with E-state index in [0.717, 1.165) is 18.9 Å². The molecule has 0 spiro atoms. The highest BCUT2D eigenvalue weighted by molar-refractivity contribution is 6.32. The van der Waals surface area contributed by atoms with Crippen LogP contribution >= 0.6 is 24.0 Å². The summed E-state index contributed by atoms with van der Waals surface area (Å²) in [5.41, 5.74) is 0.416. The van der Waals surface area contributed by atoms with Gasteiger partial charge in [-0.25, -0.2) is 0 Å². The average Bonchev–Trinajstić information content (AvgIpc) is 2.82. The van der Waals surface area contributed by atoms with E-state index in [1.807, 2.05) is 0 Å². The van der Waals surface area contributed by atoms with Crippen LogP contribution in [-0.4, -0.2) is 32.1 Å². The lowest BCUT2D eigenvalue weighted by Gasteiger charge is -2.14. The van der Waals surface area contributed by atoms with Crippen LogP contribution < -0.4 is 15.4 Å². The lowest BCUT2D eigenvalue weighted by atomic mass is 10.3. The van der Waals surface area contributed by atoms with E-state index < -0.39 is 6.61 Å². The zero-order valence-corrected chi connectivity index (χ0v) is 11.4. The fourth-order valence-electron chi connectivity index (χ4n) is 1.60. The molecule has 19 heavy (non-hydrogen) atoms. The summed E-state index contributed by atoms with van der Waals surface area (Å²) < 4.78 is 29.0. The van der Waals surface area contributed by atoms with Crippen molar-refractivity contribution in [1.29, 1.82) is 0 Å². The van der Waals surface area contributed by atoms with Crippen LogP contribution in [0.3, 0.4) is 0 Å². The molecule has 1 aromatic carbocycles. The smallest absolute Gasteiger partial charge is 0.387 e. The van der Waals surface area contributed by atoms with Gasteiger partial charge in [0.25, 0.3) is 0 Å². The van der Waals surface area contributed by atoms with Gasteiger partial charge in [-0.15, -0.1) is 12.4 Å². The molecule has 0 aromatic heterocycles. The second-order valence-corrected chi connectivity index (χ2v) is 4.01. The number of hydrogen-bond acceptors (Lipinski definition) is 4. The summed E-state index contributed by atoms with van der Waals surface area (Å²) in [6.45, 7) is -0.966. The predicted octanol–water partition coefficient (Wildman–Crippen LogP) is 2.78. The molecule has 2 N–H and O–H groups in total. The number of hydrogen-bond donors (Lipinski definition) is 2. The first-order valence-corrected chi connectivity index (χ1v) is 5.79. The summed E-state index contributed by atoms with van der Waals surface area (Å²) in [6, 6.07) is 4.78. The molecule has 0 unspecified atom stereocenters. The topological polar surface area (TPSA) is 45.6 Å². The third-order valence-corrected chi connectivity index (χ3v) is 2.66. The Bertz CT molecular complexity index is 458. The van der Waals surface area contributed by atoms with Crippen molar-refractivity contribution in [2.24, 2.45) is 4.99 Å². The molecule has 1 aliphatic rings. The third kappa shape index (κ3) is 4.40. The Morgan fingerprint density at radius 3 is 2.89 bits per heavy atom. The Morgan fingerprint density at radius 2 is 2.26 bits per heavy atom. The zero-order chi connectivity index (χ0) is 13.0. The molecule has 0 bridgehead atoms. The van der Waals surface area contributed by atoms with Crippen LogP contribution in [0.15, 0.2) is 23.2 Å². The minimum Gasteiger partial charge on any atom is -0.431 e. The summed E-state index contributed by atoms with van der Waals surface area (Å²) in [7, 11) is 0. The Hall–Kier alpha value is -1.27. The summed E-state index contributed by atoms with van der Waals surface area (Å²) >= 11 is 5.82. The fourth-order valence-corrected chi connectivity index (χ4v) is 1.82. The summed E-state index contributed by atoms with van der Waals surface area (Å²) in [5.74, 6) is 0.741. The number of alkyl halides is 2. The fraction of sp³-hybridized carbons (Fsp3) is 0.364. The van der Waals surface area contributed by atoms with Crippen molar-refractivity contribution in [1.82, 2.24) is 5.32 Å². The molecule has 1 aliphatic heterocycles. The molecule has 0 saturated carbocycles. The maximum atomic E-state index is 12.3. The van der Waals surface area contributed by atoms with Crippen LogP contribution in [0, 0.1) is 0 Å². The molecule has 2 rings (SSSR count). The van der Waals surface area contributed by atoms with Crippen LogP contribution in [0.2, 0.25) is 5.02 Å². The molecule has 0 aliphatic carbocycles. The first-order valence-electron chi connectivity index (χ1n) is 5.41. The van der Waals surface area contributed by atoms with Gasteiger partial charge in [-0.1, -0.05) is 17.7 Å². The van der Waals surface area contributed by atoms with Gasteiger partial charge in [0.2, 0.25) is 0 Å². The van der Waals surface area contributed by atoms with Gasteiger partial charge < -0.3 is 15.4 Å². The summed E-state index contributed by atoms with van der Waals surface area (Å²) in [4.78, 5) is 4.18. The van der Waals surface area contributed by atoms with Gasteiger partial charge >= 0.3 is 6.61 Å². The molecule has 0 saturated heterocycles. The van der Waals surface area contributed by atoms with E-state index in [9.17, 15) is 8.78 Å². The molecule has 1 heterocycles. The number of nitrogens with one attached hydrogen (secondary N) is 2. The lowest BCUT2D eigenvalue weighted by molar-refractivity contribution is -0.0493. The number of ether oxygens (including phenoxy) is 1. The average molecular weight is 312 g/mol. The number of halogens is 4. The van der Waals surface area contributed by atoms with Crippen molar-refractivity contribution in [3.05, 3.63) is 23.2 Å². The van der Waals surface area contributed by atoms with Gasteiger partial charge in [-0.3, -0.25) is 4.99 Å². The molecule has 4 nitrogen and oxygen atoms in total. The van der Waals surface area contributed by atoms with E-state index in [4.69, 9.17) is 11.6 Å². The van der Waals surface area contributed by atoms with Crippen molar-refractivity contribution in [3.63, 3.8) is 0 Å². The van der Waals surface area contributed by atoms with E-state index in [1.54, 1.807) is 12.1 Å². The number of nitrogens with zero attached hydrogens (tertiary/aromatic N) is 1. The first kappa shape index (κ1) is 15.8. The quantitative estimate of drug-likeness (QED) is 0.879. The van der Waals surface area contributed by atoms with E-state index in [1.165, 1.54) is 6.07 Å². The lowest BCUT2D eigenvalue weighted by Crippen LogP contribution is -2.26. The molecular weight excluding hydrogens is 299 g/mol. The highest BCUT2D eigenvalue weighted by atomic mass is 35.5. The molecular formula is C11H13Cl2F2N3O. The van der Waals surface area contributed by atoms with Crippen LogP contribution in [0.25, 0.3) is 0 Å². The minimum atomic E-state index is -2.91. The van der Waals surface area contributed by atoms with Crippen LogP contribution in [-0.2, 0) is 0 Å². The van der Waals surface area contributed by atoms with Gasteiger partial charge in [-0.2, -0.15) is 8.78 Å². The third-order valence-electron chi connectivity index (χ3n) is 2.36. The number of rotatable bonds is 5. The predicted molar refractivity (Wildman–Crippen MR) is 74.1 cm³/mol. The Morgan fingerprint density at radius 1 is 1.47 bits per heavy atom. The van der Waals surface area contributed by atoms with Crippen LogP contribution in [0.5, 0.6) is 5.75 Å². The molecule has 0 amide bonds. The highest BCUT2D eigenvalue weighted by Crippen LogP contribution is 2.33. The monoisotopic (exact) mass is 311 g/mol. The van der Waals surface area contributed by atoms with Crippen molar-refractivity contribution in [2.75, 3.05) is 25.0 Å². The first-order chi connectivity index (χ1) is 8.66. The molecule has 0 fully saturated rings. The van der Waals surface area contributed by atoms with Gasteiger partial charge in [0.05, 0.1) is 23.8 Å². The van der Waals surface area contributed by atoms with Crippen molar-refractivity contribution < 1.29 is 13.5 Å². The SMILES string of the molecule is Cl.FC(F)Oc1c(Cl)cccc1NCC1=NCCN1. The van der Waals surface area contributed by atoms with Crippen molar-refractivity contribution >= 4 is 35.5 Å². The van der Waals surface area contributed by atoms with E-state index in [-0.39, 0.29) is 23.2 Å². The maximum Gasteiger partial charge on any atom is 0.387 e. The van der Waals surface area contributed by atoms with E-state index >= 15 is 0 Å². The number of amidine groups is 1. The largest absolute Gasteiger partial charge is 0.431 e. The zero-order valence-electron chi connectivity index (χ0n) is 9.83. The van der Waals surface area contributed by atoms with Gasteiger partial charge in [0.1, 0.15) is 5.84 Å². The van der Waals surface area contributed by atoms with Gasteiger partial charge in [0, 0.05) is 6.54 Å². The number of para-hydroxylation sites is 1. The second-order valence-electron chi connectivity index (χ2n) is 3.60. The Balaban J connectivity index is 0.00000180. The summed E-state index contributed by atoms with van der Waals surface area (Å²) in [5, 5.41) is 6.17. The standard InChI is InChI=1S/C11H12ClF2N3O.ClH/c12-7-2-1-3-8(10(7)18-11(13)14)17-6-9-15-4-5-16-9;/h1-3,11,17H,4-6H2,(H,15,16);1H. The molecule has 1 aromatic rings. The van der Waals surface area contributed by atoms with E-state index in [0.29, 0.717) is 12.2 Å². The molecule has 0 atom stereocenters. The molecule has 106 valence electrons. The van der Waals surface area contributed by atoms with Crippen molar-refractivity contribution in [2.45, 2.75) is 6.61 Å². The van der Waals surface area contributed by atoms with Crippen LogP contribution in [0.1, 0.15) is 0 Å². The normalized spacial score (nSPS) is 13.6. The van der Waals surface area contributed by atoms with Crippen LogP contribution in [0.4, 0.5) is 14.5 Å². The number of benzene rings is 1. The maximum absolute atomic E-state index is 12.3. The molecule has 0 radical (unpaired) electrons. The highest BCUT2D eigenvalue weighted by Gasteiger charge is 2.14. The Kier molecular flexibility index (Phi) is 6.11. The van der Waals surface area contributed by atoms with Crippen molar-refractivity contribution in [3.8, 4) is 5.75 Å². The minimum absolute atomic E-state index is 0.